The zero-order valence-electron chi connectivity index (χ0n) is 8.85. The molecular weight excluding hydrogens is 224 g/mol. The summed E-state index contributed by atoms with van der Waals surface area (Å²) in [4.78, 5) is 8.29. The van der Waals surface area contributed by atoms with Crippen molar-refractivity contribution in [3.63, 3.8) is 0 Å². The van der Waals surface area contributed by atoms with E-state index in [4.69, 9.17) is 16.3 Å². The first-order chi connectivity index (χ1) is 7.85. The third-order valence-electron chi connectivity index (χ3n) is 2.24. The van der Waals surface area contributed by atoms with Gasteiger partial charge in [0.1, 0.15) is 0 Å². The van der Waals surface area contributed by atoms with Crippen molar-refractivity contribution in [3.8, 4) is 17.0 Å². The lowest BCUT2D eigenvalue weighted by atomic mass is 10.1. The van der Waals surface area contributed by atoms with Crippen LogP contribution in [0.3, 0.4) is 0 Å². The van der Waals surface area contributed by atoms with Crippen molar-refractivity contribution >= 4 is 11.6 Å². The van der Waals surface area contributed by atoms with E-state index in [1.807, 2.05) is 24.3 Å². The molecule has 2 aromatic heterocycles. The smallest absolute Gasteiger partial charge is 0.221 e. The molecule has 16 heavy (non-hydrogen) atoms. The summed E-state index contributed by atoms with van der Waals surface area (Å²) in [6, 6.07) is 7.68. The van der Waals surface area contributed by atoms with Gasteiger partial charge in [-0.05, 0) is 29.8 Å². The van der Waals surface area contributed by atoms with Gasteiger partial charge >= 0.3 is 0 Å². The zero-order valence-corrected chi connectivity index (χ0v) is 9.61. The molecule has 0 saturated carbocycles. The summed E-state index contributed by atoms with van der Waals surface area (Å²) in [7, 11) is 1.60. The van der Waals surface area contributed by atoms with Crippen LogP contribution < -0.4 is 4.74 Å². The molecule has 2 heterocycles. The minimum atomic E-state index is 0.382. The molecule has 2 aromatic rings. The number of nitrogens with zero attached hydrogens (tertiary/aromatic N) is 2. The van der Waals surface area contributed by atoms with Gasteiger partial charge in [0, 0.05) is 18.0 Å². The third kappa shape index (κ3) is 2.14. The van der Waals surface area contributed by atoms with Gasteiger partial charge in [-0.2, -0.15) is 0 Å². The fourth-order valence-electron chi connectivity index (χ4n) is 1.46. The molecule has 0 atom stereocenters. The van der Waals surface area contributed by atoms with E-state index in [1.165, 1.54) is 0 Å². The van der Waals surface area contributed by atoms with Gasteiger partial charge < -0.3 is 4.74 Å². The molecule has 0 aliphatic carbocycles. The van der Waals surface area contributed by atoms with Crippen molar-refractivity contribution in [1.29, 1.82) is 0 Å². The van der Waals surface area contributed by atoms with E-state index < -0.39 is 0 Å². The van der Waals surface area contributed by atoms with E-state index in [1.54, 1.807) is 19.5 Å². The van der Waals surface area contributed by atoms with Gasteiger partial charge in [-0.15, -0.1) is 11.6 Å². The summed E-state index contributed by atoms with van der Waals surface area (Å²) in [6.45, 7) is 0. The van der Waals surface area contributed by atoms with Gasteiger partial charge in [0.25, 0.3) is 0 Å². The summed E-state index contributed by atoms with van der Waals surface area (Å²) in [5, 5.41) is 0. The fraction of sp³-hybridized carbons (Fsp3) is 0.167. The second-order valence-electron chi connectivity index (χ2n) is 3.23. The number of halogens is 1. The van der Waals surface area contributed by atoms with Crippen LogP contribution in [0, 0.1) is 0 Å². The van der Waals surface area contributed by atoms with Crippen molar-refractivity contribution in [2.75, 3.05) is 7.11 Å². The standard InChI is InChI=1S/C12H11ClN2O/c1-16-12-11(3-2-10(8-13)15-12)9-4-6-14-7-5-9/h2-7H,8H2,1H3. The zero-order chi connectivity index (χ0) is 11.4. The fourth-order valence-corrected chi connectivity index (χ4v) is 1.61. The molecule has 2 rings (SSSR count). The van der Waals surface area contributed by atoms with Crippen molar-refractivity contribution in [3.05, 3.63) is 42.4 Å². The number of aromatic nitrogens is 2. The first-order valence-corrected chi connectivity index (χ1v) is 5.39. The van der Waals surface area contributed by atoms with Crippen LogP contribution in [0.15, 0.2) is 36.7 Å². The maximum atomic E-state index is 5.73. The number of ether oxygens (including phenoxy) is 1. The molecule has 0 bridgehead atoms. The van der Waals surface area contributed by atoms with Crippen LogP contribution in [0.5, 0.6) is 5.88 Å². The molecule has 0 fully saturated rings. The summed E-state index contributed by atoms with van der Waals surface area (Å²) < 4.78 is 5.25. The molecule has 4 heteroatoms. The average Bonchev–Trinajstić information content (AvgIpc) is 2.39. The Morgan fingerprint density at radius 2 is 1.94 bits per heavy atom. The lowest BCUT2D eigenvalue weighted by Crippen LogP contribution is -1.94. The second-order valence-corrected chi connectivity index (χ2v) is 3.50. The van der Waals surface area contributed by atoms with E-state index in [0.29, 0.717) is 11.8 Å². The Labute approximate surface area is 99.1 Å². The number of hydrogen-bond acceptors (Lipinski definition) is 3. The van der Waals surface area contributed by atoms with Crippen LogP contribution in [-0.2, 0) is 5.88 Å². The Balaban J connectivity index is 2.49. The third-order valence-corrected chi connectivity index (χ3v) is 2.51. The summed E-state index contributed by atoms with van der Waals surface area (Å²) in [5.41, 5.74) is 2.77. The van der Waals surface area contributed by atoms with Crippen LogP contribution in [0.4, 0.5) is 0 Å². The number of pyridine rings is 2. The lowest BCUT2D eigenvalue weighted by molar-refractivity contribution is 0.398. The molecular formula is C12H11ClN2O. The minimum Gasteiger partial charge on any atom is -0.481 e. The van der Waals surface area contributed by atoms with Gasteiger partial charge in [-0.1, -0.05) is 0 Å². The summed E-state index contributed by atoms with van der Waals surface area (Å²) >= 11 is 5.73. The largest absolute Gasteiger partial charge is 0.481 e. The van der Waals surface area contributed by atoms with Crippen molar-refractivity contribution in [1.82, 2.24) is 9.97 Å². The minimum absolute atomic E-state index is 0.382. The molecule has 0 unspecified atom stereocenters. The first kappa shape index (κ1) is 10.9. The highest BCUT2D eigenvalue weighted by Gasteiger charge is 2.07. The Bertz CT molecular complexity index is 474. The van der Waals surface area contributed by atoms with Crippen molar-refractivity contribution in [2.45, 2.75) is 5.88 Å². The van der Waals surface area contributed by atoms with Crippen molar-refractivity contribution in [2.24, 2.45) is 0 Å². The Morgan fingerprint density at radius 1 is 1.19 bits per heavy atom. The van der Waals surface area contributed by atoms with Crippen molar-refractivity contribution < 1.29 is 4.74 Å². The van der Waals surface area contributed by atoms with Crippen LogP contribution in [0.1, 0.15) is 5.69 Å². The molecule has 0 aromatic carbocycles. The topological polar surface area (TPSA) is 35.0 Å². The molecule has 0 saturated heterocycles. The van der Waals surface area contributed by atoms with Crippen LogP contribution in [0.25, 0.3) is 11.1 Å². The molecule has 3 nitrogen and oxygen atoms in total. The molecule has 0 amide bonds. The highest BCUT2D eigenvalue weighted by Crippen LogP contribution is 2.27. The molecule has 82 valence electrons. The SMILES string of the molecule is COc1nc(CCl)ccc1-c1ccncc1. The quantitative estimate of drug-likeness (QED) is 0.766. The van der Waals surface area contributed by atoms with Crippen LogP contribution in [0.2, 0.25) is 0 Å². The maximum absolute atomic E-state index is 5.73. The van der Waals surface area contributed by atoms with E-state index in [9.17, 15) is 0 Å². The highest BCUT2D eigenvalue weighted by atomic mass is 35.5. The van der Waals surface area contributed by atoms with E-state index in [0.717, 1.165) is 16.8 Å². The predicted molar refractivity (Wildman–Crippen MR) is 63.6 cm³/mol. The molecule has 0 N–H and O–H groups in total. The Kier molecular flexibility index (Phi) is 3.37. The van der Waals surface area contributed by atoms with Gasteiger partial charge in [-0.25, -0.2) is 4.98 Å². The number of hydrogen-bond donors (Lipinski definition) is 0. The normalized spacial score (nSPS) is 10.1. The van der Waals surface area contributed by atoms with Gasteiger partial charge in [0.2, 0.25) is 5.88 Å². The van der Waals surface area contributed by atoms with E-state index in [-0.39, 0.29) is 0 Å². The highest BCUT2D eigenvalue weighted by molar-refractivity contribution is 6.16. The first-order valence-electron chi connectivity index (χ1n) is 4.85. The molecule has 0 spiro atoms. The van der Waals surface area contributed by atoms with Crippen LogP contribution >= 0.6 is 11.6 Å². The monoisotopic (exact) mass is 234 g/mol. The van der Waals surface area contributed by atoms with Gasteiger partial charge in [0.05, 0.1) is 18.7 Å². The number of alkyl halides is 1. The second kappa shape index (κ2) is 4.94. The number of rotatable bonds is 3. The van der Waals surface area contributed by atoms with E-state index >= 15 is 0 Å². The van der Waals surface area contributed by atoms with E-state index in [2.05, 4.69) is 9.97 Å². The average molecular weight is 235 g/mol. The number of methoxy groups -OCH3 is 1. The maximum Gasteiger partial charge on any atom is 0.221 e. The van der Waals surface area contributed by atoms with Gasteiger partial charge in [0.15, 0.2) is 0 Å². The summed E-state index contributed by atoms with van der Waals surface area (Å²) in [6.07, 6.45) is 3.48. The lowest BCUT2D eigenvalue weighted by Gasteiger charge is -2.08. The Morgan fingerprint density at radius 3 is 2.56 bits per heavy atom. The van der Waals surface area contributed by atoms with Crippen LogP contribution in [-0.4, -0.2) is 17.1 Å². The molecule has 0 radical (unpaired) electrons. The predicted octanol–water partition coefficient (Wildman–Crippen LogP) is 2.89. The summed E-state index contributed by atoms with van der Waals surface area (Å²) in [5.74, 6) is 0.969. The van der Waals surface area contributed by atoms with Gasteiger partial charge in [-0.3, -0.25) is 4.98 Å². The molecule has 0 aliphatic rings. The Hall–Kier alpha value is -1.61. The molecule has 0 aliphatic heterocycles.